The maximum absolute atomic E-state index is 12.1. The van der Waals surface area contributed by atoms with Gasteiger partial charge in [-0.1, -0.05) is 29.8 Å². The van der Waals surface area contributed by atoms with Gasteiger partial charge in [0.05, 0.1) is 18.6 Å². The summed E-state index contributed by atoms with van der Waals surface area (Å²) in [5, 5.41) is 4.93. The van der Waals surface area contributed by atoms with Crippen LogP contribution in [0, 0.1) is 0 Å². The lowest BCUT2D eigenvalue weighted by molar-refractivity contribution is -0.121. The third-order valence-electron chi connectivity index (χ3n) is 3.36. The van der Waals surface area contributed by atoms with Gasteiger partial charge in [-0.3, -0.25) is 20.4 Å². The highest BCUT2D eigenvalue weighted by molar-refractivity contribution is 7.89. The molecular formula is C16H16ClN3O5S. The van der Waals surface area contributed by atoms with Crippen molar-refractivity contribution in [1.29, 1.82) is 0 Å². The van der Waals surface area contributed by atoms with E-state index in [0.29, 0.717) is 11.3 Å². The van der Waals surface area contributed by atoms with Crippen molar-refractivity contribution in [1.82, 2.24) is 10.9 Å². The van der Waals surface area contributed by atoms with Gasteiger partial charge in [0, 0.05) is 11.1 Å². The van der Waals surface area contributed by atoms with Crippen LogP contribution < -0.4 is 20.7 Å². The Hall–Kier alpha value is -2.62. The van der Waals surface area contributed by atoms with Crippen LogP contribution in [0.5, 0.6) is 5.75 Å². The summed E-state index contributed by atoms with van der Waals surface area (Å²) in [5.41, 5.74) is 5.05. The molecule has 0 unspecified atom stereocenters. The van der Waals surface area contributed by atoms with Crippen molar-refractivity contribution in [3.8, 4) is 5.75 Å². The molecule has 2 aromatic rings. The summed E-state index contributed by atoms with van der Waals surface area (Å²) in [6.45, 7) is 0. The number of para-hydroxylation sites is 1. The molecule has 0 spiro atoms. The van der Waals surface area contributed by atoms with E-state index in [9.17, 15) is 18.0 Å². The van der Waals surface area contributed by atoms with E-state index < -0.39 is 21.8 Å². The Bertz CT molecular complexity index is 947. The number of benzene rings is 2. The Kier molecular flexibility index (Phi) is 6.19. The first-order chi connectivity index (χ1) is 12.2. The molecule has 0 heterocycles. The molecule has 0 aromatic heterocycles. The molecule has 2 aromatic carbocycles. The summed E-state index contributed by atoms with van der Waals surface area (Å²) in [7, 11) is -2.59. The van der Waals surface area contributed by atoms with Crippen molar-refractivity contribution < 1.29 is 22.7 Å². The second-order valence-corrected chi connectivity index (χ2v) is 7.12. The first-order valence-corrected chi connectivity index (χ1v) is 9.18. The molecule has 2 amide bonds. The van der Waals surface area contributed by atoms with Gasteiger partial charge in [-0.25, -0.2) is 13.6 Å². The molecule has 0 saturated heterocycles. The summed E-state index contributed by atoms with van der Waals surface area (Å²) in [4.78, 5) is 23.7. The molecule has 4 N–H and O–H groups in total. The van der Waals surface area contributed by atoms with Gasteiger partial charge in [0.2, 0.25) is 15.9 Å². The minimum absolute atomic E-state index is 0.0205. The average Bonchev–Trinajstić information content (AvgIpc) is 2.59. The molecule has 0 aliphatic heterocycles. The monoisotopic (exact) mass is 397 g/mol. The number of halogens is 1. The minimum atomic E-state index is -4.08. The van der Waals surface area contributed by atoms with Crippen molar-refractivity contribution in [3.63, 3.8) is 0 Å². The summed E-state index contributed by atoms with van der Waals surface area (Å²) in [6, 6.07) is 10.5. The van der Waals surface area contributed by atoms with Crippen LogP contribution >= 0.6 is 11.6 Å². The highest BCUT2D eigenvalue weighted by atomic mass is 35.5. The number of hydrogen-bond acceptors (Lipinski definition) is 5. The quantitative estimate of drug-likeness (QED) is 0.648. The topological polar surface area (TPSA) is 128 Å². The summed E-state index contributed by atoms with van der Waals surface area (Å²) in [6.07, 6.45) is -0.0205. The van der Waals surface area contributed by atoms with Gasteiger partial charge in [-0.2, -0.15) is 0 Å². The summed E-state index contributed by atoms with van der Waals surface area (Å²) >= 11 is 5.76. The number of amides is 2. The predicted molar refractivity (Wildman–Crippen MR) is 95.1 cm³/mol. The first-order valence-electron chi connectivity index (χ1n) is 7.26. The lowest BCUT2D eigenvalue weighted by Crippen LogP contribution is -2.42. The Morgan fingerprint density at radius 3 is 2.50 bits per heavy atom. The number of nitrogens with two attached hydrogens (primary N) is 1. The smallest absolute Gasteiger partial charge is 0.269 e. The standard InChI is InChI=1S/C16H16ClN3O5S/c1-25-13-5-3-2-4-10(13)9-15(21)19-20-16(22)11-6-7-12(17)14(8-11)26(18,23)24/h2-8H,9H2,1H3,(H,19,21)(H,20,22)(H2,18,23,24). The zero-order valence-corrected chi connectivity index (χ0v) is 15.2. The van der Waals surface area contributed by atoms with Gasteiger partial charge < -0.3 is 4.74 Å². The Balaban J connectivity index is 2.04. The van der Waals surface area contributed by atoms with Gasteiger partial charge in [0.25, 0.3) is 5.91 Å². The maximum atomic E-state index is 12.1. The van der Waals surface area contributed by atoms with Crippen LogP contribution in [0.25, 0.3) is 0 Å². The summed E-state index contributed by atoms with van der Waals surface area (Å²) in [5.74, 6) is -0.659. The van der Waals surface area contributed by atoms with Crippen LogP contribution in [0.2, 0.25) is 5.02 Å². The number of primary sulfonamides is 1. The number of carbonyl (C=O) groups excluding carboxylic acids is 2. The molecule has 0 atom stereocenters. The van der Waals surface area contributed by atoms with E-state index in [1.807, 2.05) is 0 Å². The van der Waals surface area contributed by atoms with Crippen LogP contribution in [0.1, 0.15) is 15.9 Å². The number of sulfonamides is 1. The van der Waals surface area contributed by atoms with E-state index in [4.69, 9.17) is 21.5 Å². The Morgan fingerprint density at radius 1 is 1.15 bits per heavy atom. The average molecular weight is 398 g/mol. The van der Waals surface area contributed by atoms with Crippen molar-refractivity contribution in [2.75, 3.05) is 7.11 Å². The second kappa shape index (κ2) is 8.17. The highest BCUT2D eigenvalue weighted by Gasteiger charge is 2.17. The Labute approximate surface area is 155 Å². The van der Waals surface area contributed by atoms with Crippen molar-refractivity contribution in [2.45, 2.75) is 11.3 Å². The van der Waals surface area contributed by atoms with Crippen molar-refractivity contribution >= 4 is 33.4 Å². The molecule has 8 nitrogen and oxygen atoms in total. The molecule has 0 radical (unpaired) electrons. The van der Waals surface area contributed by atoms with E-state index in [1.165, 1.54) is 19.2 Å². The molecule has 10 heteroatoms. The van der Waals surface area contributed by atoms with Crippen molar-refractivity contribution in [2.24, 2.45) is 5.14 Å². The Morgan fingerprint density at radius 2 is 1.85 bits per heavy atom. The van der Waals surface area contributed by atoms with Crippen LogP contribution in [0.3, 0.4) is 0 Å². The molecule has 0 fully saturated rings. The molecule has 138 valence electrons. The third-order valence-corrected chi connectivity index (χ3v) is 4.75. The lowest BCUT2D eigenvalue weighted by Gasteiger charge is -2.10. The molecule has 26 heavy (non-hydrogen) atoms. The molecule has 0 aliphatic carbocycles. The predicted octanol–water partition coefficient (Wildman–Crippen LogP) is 1.000. The first kappa shape index (κ1) is 19.7. The molecule has 0 saturated carbocycles. The van der Waals surface area contributed by atoms with E-state index in [1.54, 1.807) is 24.3 Å². The highest BCUT2D eigenvalue weighted by Crippen LogP contribution is 2.21. The second-order valence-electron chi connectivity index (χ2n) is 5.18. The fraction of sp³-hybridized carbons (Fsp3) is 0.125. The molecule has 2 rings (SSSR count). The zero-order valence-electron chi connectivity index (χ0n) is 13.7. The van der Waals surface area contributed by atoms with Gasteiger partial charge in [-0.15, -0.1) is 0 Å². The largest absolute Gasteiger partial charge is 0.496 e. The number of methoxy groups -OCH3 is 1. The molecule has 0 aliphatic rings. The zero-order chi connectivity index (χ0) is 19.3. The summed E-state index contributed by atoms with van der Waals surface area (Å²) < 4.78 is 28.0. The minimum Gasteiger partial charge on any atom is -0.496 e. The lowest BCUT2D eigenvalue weighted by atomic mass is 10.1. The van der Waals surface area contributed by atoms with Crippen molar-refractivity contribution in [3.05, 3.63) is 58.6 Å². The number of ether oxygens (including phenoxy) is 1. The van der Waals surface area contributed by atoms with Gasteiger partial charge in [0.15, 0.2) is 0 Å². The van der Waals surface area contributed by atoms with Crippen LogP contribution in [-0.4, -0.2) is 27.3 Å². The van der Waals surface area contributed by atoms with Gasteiger partial charge in [-0.05, 0) is 24.3 Å². The fourth-order valence-corrected chi connectivity index (χ4v) is 3.20. The van der Waals surface area contributed by atoms with E-state index in [-0.39, 0.29) is 21.9 Å². The van der Waals surface area contributed by atoms with E-state index in [2.05, 4.69) is 10.9 Å². The van der Waals surface area contributed by atoms with Crippen LogP contribution in [0.4, 0.5) is 0 Å². The third kappa shape index (κ3) is 4.94. The van der Waals surface area contributed by atoms with E-state index >= 15 is 0 Å². The molecular weight excluding hydrogens is 382 g/mol. The number of hydrazine groups is 1. The normalized spacial score (nSPS) is 10.9. The van der Waals surface area contributed by atoms with E-state index in [0.717, 1.165) is 6.07 Å². The number of carbonyl (C=O) groups is 2. The van der Waals surface area contributed by atoms with Crippen LogP contribution in [-0.2, 0) is 21.2 Å². The number of rotatable bonds is 5. The SMILES string of the molecule is COc1ccccc1CC(=O)NNC(=O)c1ccc(Cl)c(S(N)(=O)=O)c1. The maximum Gasteiger partial charge on any atom is 0.269 e. The van der Waals surface area contributed by atoms with Gasteiger partial charge >= 0.3 is 0 Å². The number of nitrogens with one attached hydrogen (secondary N) is 2. The number of hydrogen-bond donors (Lipinski definition) is 3. The van der Waals surface area contributed by atoms with Gasteiger partial charge in [0.1, 0.15) is 10.6 Å². The molecule has 0 bridgehead atoms. The van der Waals surface area contributed by atoms with Crippen LogP contribution in [0.15, 0.2) is 47.4 Å². The fourth-order valence-electron chi connectivity index (χ4n) is 2.13.